The number of hydrogen-bond acceptors (Lipinski definition) is 3. The van der Waals surface area contributed by atoms with Crippen molar-refractivity contribution in [3.05, 3.63) is 34.7 Å². The molecule has 0 bridgehead atoms. The number of esters is 1. The molecule has 2 rings (SSSR count). The minimum absolute atomic E-state index is 0.142. The van der Waals surface area contributed by atoms with Gasteiger partial charge in [-0.05, 0) is 29.9 Å². The van der Waals surface area contributed by atoms with Crippen LogP contribution in [0.25, 0.3) is 10.1 Å². The predicted octanol–water partition coefficient (Wildman–Crippen LogP) is 4.12. The molecule has 0 saturated carbocycles. The van der Waals surface area contributed by atoms with E-state index in [0.29, 0.717) is 0 Å². The van der Waals surface area contributed by atoms with Gasteiger partial charge in [0, 0.05) is 9.58 Å². The number of carbonyl (C=O) groups is 1. The Labute approximate surface area is 112 Å². The summed E-state index contributed by atoms with van der Waals surface area (Å²) in [7, 11) is 1.46. The van der Waals surface area contributed by atoms with Crippen molar-refractivity contribution in [3.8, 4) is 0 Å². The maximum absolute atomic E-state index is 12.0. The predicted molar refractivity (Wildman–Crippen MR) is 76.2 cm³/mol. The van der Waals surface area contributed by atoms with E-state index in [1.807, 2.05) is 12.1 Å². The summed E-state index contributed by atoms with van der Waals surface area (Å²) in [5, 5.41) is 1.18. The smallest absolute Gasteiger partial charge is 0.313 e. The number of benzene rings is 1. The molecule has 0 aliphatic heterocycles. The van der Waals surface area contributed by atoms with Gasteiger partial charge in [0.25, 0.3) is 0 Å². The standard InChI is InChI=1S/C15H18O2S/c1-9(2)13(15(16)17-4)14-10(3)18-12-8-6-5-7-11(12)14/h5-9,13H,1-4H3. The lowest BCUT2D eigenvalue weighted by Crippen LogP contribution is -2.20. The third kappa shape index (κ3) is 2.15. The highest BCUT2D eigenvalue weighted by Crippen LogP contribution is 2.39. The lowest BCUT2D eigenvalue weighted by Gasteiger charge is -2.19. The van der Waals surface area contributed by atoms with Gasteiger partial charge < -0.3 is 4.74 Å². The van der Waals surface area contributed by atoms with E-state index in [1.54, 1.807) is 11.3 Å². The Kier molecular flexibility index (Phi) is 3.71. The van der Waals surface area contributed by atoms with Crippen molar-refractivity contribution < 1.29 is 9.53 Å². The van der Waals surface area contributed by atoms with Gasteiger partial charge in [0.1, 0.15) is 0 Å². The number of thiophene rings is 1. The molecule has 1 unspecified atom stereocenters. The van der Waals surface area contributed by atoms with Gasteiger partial charge >= 0.3 is 5.97 Å². The third-order valence-electron chi connectivity index (χ3n) is 3.25. The molecule has 0 N–H and O–H groups in total. The van der Waals surface area contributed by atoms with E-state index in [1.165, 1.54) is 22.1 Å². The van der Waals surface area contributed by atoms with Gasteiger partial charge in [-0.15, -0.1) is 11.3 Å². The van der Waals surface area contributed by atoms with E-state index in [2.05, 4.69) is 32.9 Å². The summed E-state index contributed by atoms with van der Waals surface area (Å²) in [5.74, 6) is -0.0861. The Morgan fingerprint density at radius 2 is 1.94 bits per heavy atom. The summed E-state index contributed by atoms with van der Waals surface area (Å²) in [6, 6.07) is 8.24. The average molecular weight is 262 g/mol. The zero-order valence-corrected chi connectivity index (χ0v) is 12.0. The van der Waals surface area contributed by atoms with E-state index >= 15 is 0 Å². The second kappa shape index (κ2) is 5.11. The molecule has 1 aromatic heterocycles. The molecule has 18 heavy (non-hydrogen) atoms. The largest absolute Gasteiger partial charge is 0.469 e. The van der Waals surface area contributed by atoms with Crippen LogP contribution in [0.2, 0.25) is 0 Å². The maximum atomic E-state index is 12.0. The summed E-state index contributed by atoms with van der Waals surface area (Å²) in [6.45, 7) is 6.21. The Morgan fingerprint density at radius 1 is 1.28 bits per heavy atom. The van der Waals surface area contributed by atoms with E-state index in [4.69, 9.17) is 4.74 Å². The number of rotatable bonds is 3. The molecule has 0 amide bonds. The van der Waals surface area contributed by atoms with Crippen LogP contribution in [0.1, 0.15) is 30.2 Å². The van der Waals surface area contributed by atoms with Crippen LogP contribution in [-0.4, -0.2) is 13.1 Å². The maximum Gasteiger partial charge on any atom is 0.313 e. The van der Waals surface area contributed by atoms with Crippen molar-refractivity contribution in [2.75, 3.05) is 7.11 Å². The van der Waals surface area contributed by atoms with Crippen molar-refractivity contribution >= 4 is 27.4 Å². The molecule has 0 aliphatic carbocycles. The lowest BCUT2D eigenvalue weighted by atomic mass is 9.87. The second-order valence-electron chi connectivity index (χ2n) is 4.81. The van der Waals surface area contributed by atoms with Crippen molar-refractivity contribution in [3.63, 3.8) is 0 Å². The zero-order valence-electron chi connectivity index (χ0n) is 11.2. The van der Waals surface area contributed by atoms with Gasteiger partial charge in [-0.3, -0.25) is 4.79 Å². The van der Waals surface area contributed by atoms with Gasteiger partial charge in [-0.1, -0.05) is 32.0 Å². The normalized spacial score (nSPS) is 12.9. The summed E-state index contributed by atoms with van der Waals surface area (Å²) >= 11 is 1.74. The van der Waals surface area contributed by atoms with Crippen molar-refractivity contribution in [2.45, 2.75) is 26.7 Å². The molecule has 3 heteroatoms. The highest BCUT2D eigenvalue weighted by atomic mass is 32.1. The van der Waals surface area contributed by atoms with E-state index in [-0.39, 0.29) is 17.8 Å². The van der Waals surface area contributed by atoms with Gasteiger partial charge in [-0.2, -0.15) is 0 Å². The molecule has 1 aromatic carbocycles. The molecule has 96 valence electrons. The van der Waals surface area contributed by atoms with Crippen LogP contribution in [0.3, 0.4) is 0 Å². The monoisotopic (exact) mass is 262 g/mol. The van der Waals surface area contributed by atoms with Gasteiger partial charge in [0.05, 0.1) is 13.0 Å². The van der Waals surface area contributed by atoms with Crippen molar-refractivity contribution in [1.82, 2.24) is 0 Å². The van der Waals surface area contributed by atoms with Crippen LogP contribution >= 0.6 is 11.3 Å². The second-order valence-corrected chi connectivity index (χ2v) is 6.07. The molecule has 1 atom stereocenters. The molecule has 0 radical (unpaired) electrons. The molecule has 0 saturated heterocycles. The van der Waals surface area contributed by atoms with Crippen LogP contribution in [0.15, 0.2) is 24.3 Å². The van der Waals surface area contributed by atoms with Crippen LogP contribution < -0.4 is 0 Å². The highest BCUT2D eigenvalue weighted by molar-refractivity contribution is 7.19. The fraction of sp³-hybridized carbons (Fsp3) is 0.400. The van der Waals surface area contributed by atoms with E-state index in [9.17, 15) is 4.79 Å². The minimum atomic E-state index is -0.175. The molecule has 2 nitrogen and oxygen atoms in total. The van der Waals surface area contributed by atoms with Gasteiger partial charge in [0.15, 0.2) is 0 Å². The Balaban J connectivity index is 2.63. The van der Waals surface area contributed by atoms with Gasteiger partial charge in [-0.25, -0.2) is 0 Å². The fourth-order valence-electron chi connectivity index (χ4n) is 2.42. The Hall–Kier alpha value is -1.35. The quantitative estimate of drug-likeness (QED) is 0.778. The fourth-order valence-corrected chi connectivity index (χ4v) is 3.54. The number of carbonyl (C=O) groups excluding carboxylic acids is 1. The third-order valence-corrected chi connectivity index (χ3v) is 4.35. The molecular formula is C15H18O2S. The molecule has 2 aromatic rings. The summed E-state index contributed by atoms with van der Waals surface area (Å²) in [5.41, 5.74) is 1.14. The molecular weight excluding hydrogens is 244 g/mol. The molecule has 0 spiro atoms. The van der Waals surface area contributed by atoms with Crippen molar-refractivity contribution in [2.24, 2.45) is 5.92 Å². The highest BCUT2D eigenvalue weighted by Gasteiger charge is 2.29. The number of ether oxygens (including phenoxy) is 1. The first-order valence-corrected chi connectivity index (χ1v) is 6.93. The van der Waals surface area contributed by atoms with E-state index in [0.717, 1.165) is 5.56 Å². The van der Waals surface area contributed by atoms with Crippen LogP contribution in [0.4, 0.5) is 0 Å². The first-order valence-electron chi connectivity index (χ1n) is 6.12. The van der Waals surface area contributed by atoms with Crippen LogP contribution in [-0.2, 0) is 9.53 Å². The first-order chi connectivity index (χ1) is 8.56. The minimum Gasteiger partial charge on any atom is -0.469 e. The zero-order chi connectivity index (χ0) is 13.3. The molecule has 1 heterocycles. The summed E-state index contributed by atoms with van der Waals surface area (Å²) in [4.78, 5) is 13.2. The molecule has 0 fully saturated rings. The van der Waals surface area contributed by atoms with Gasteiger partial charge in [0.2, 0.25) is 0 Å². The SMILES string of the molecule is COC(=O)C(c1c(C)sc2ccccc12)C(C)C. The number of fused-ring (bicyclic) bond motifs is 1. The Bertz CT molecular complexity index is 569. The average Bonchev–Trinajstić information content (AvgIpc) is 2.66. The molecule has 0 aliphatic rings. The number of methoxy groups -OCH3 is 1. The lowest BCUT2D eigenvalue weighted by molar-refractivity contribution is -0.143. The van der Waals surface area contributed by atoms with Crippen molar-refractivity contribution in [1.29, 1.82) is 0 Å². The topological polar surface area (TPSA) is 26.3 Å². The first kappa shape index (κ1) is 13.1. The Morgan fingerprint density at radius 3 is 2.56 bits per heavy atom. The summed E-state index contributed by atoms with van der Waals surface area (Å²) in [6.07, 6.45) is 0. The number of hydrogen-bond donors (Lipinski definition) is 0. The number of aryl methyl sites for hydroxylation is 1. The van der Waals surface area contributed by atoms with E-state index < -0.39 is 0 Å². The van der Waals surface area contributed by atoms with Crippen LogP contribution in [0, 0.1) is 12.8 Å². The summed E-state index contributed by atoms with van der Waals surface area (Å²) < 4.78 is 6.20. The van der Waals surface area contributed by atoms with Crippen LogP contribution in [0.5, 0.6) is 0 Å².